The molecule has 0 aromatic heterocycles. The molecule has 0 amide bonds. The molecule has 7 heteroatoms. The predicted octanol–water partition coefficient (Wildman–Crippen LogP) is 4.84. The summed E-state index contributed by atoms with van der Waals surface area (Å²) in [6, 6.07) is 0.406. The SMILES string of the molecule is C1=CC[N-]C(C2CCCC[N-]2)=C1.[CH3][Sn][CH3].[N-]=C=S.[N-]=C=S. The third kappa shape index (κ3) is 15.8. The molecule has 0 saturated carbocycles. The van der Waals surface area contributed by atoms with Crippen LogP contribution in [0.1, 0.15) is 19.3 Å². The second-order valence-electron chi connectivity index (χ2n) is 3.96. The molecule has 1 saturated heterocycles. The van der Waals surface area contributed by atoms with Crippen LogP contribution in [0.25, 0.3) is 21.5 Å². The zero-order valence-electron chi connectivity index (χ0n) is 12.5. The second-order valence-corrected chi connectivity index (χ2v) is 7.18. The maximum absolute atomic E-state index is 7.13. The van der Waals surface area contributed by atoms with Gasteiger partial charge in [-0.25, -0.2) is 0 Å². The number of hydrogen-bond donors (Lipinski definition) is 0. The van der Waals surface area contributed by atoms with Crippen molar-refractivity contribution in [3.8, 4) is 0 Å². The topological polar surface area (TPSA) is 72.8 Å². The fourth-order valence-electron chi connectivity index (χ4n) is 1.68. The van der Waals surface area contributed by atoms with Gasteiger partial charge < -0.3 is 21.5 Å². The molecule has 0 N–H and O–H groups in total. The quantitative estimate of drug-likeness (QED) is 0.341. The zero-order chi connectivity index (χ0) is 16.3. The predicted molar refractivity (Wildman–Crippen MR) is 101 cm³/mol. The van der Waals surface area contributed by atoms with E-state index in [9.17, 15) is 0 Å². The molecule has 116 valence electrons. The number of nitrogens with zero attached hydrogens (tertiary/aromatic N) is 4. The van der Waals surface area contributed by atoms with Crippen molar-refractivity contribution in [2.45, 2.75) is 35.2 Å². The Hall–Kier alpha value is -0.361. The van der Waals surface area contributed by atoms with Crippen LogP contribution < -0.4 is 0 Å². The summed E-state index contributed by atoms with van der Waals surface area (Å²) < 4.78 is 0. The summed E-state index contributed by atoms with van der Waals surface area (Å²) in [5.41, 5.74) is 1.19. The third-order valence-electron chi connectivity index (χ3n) is 2.36. The molecule has 2 rings (SSSR count). The van der Waals surface area contributed by atoms with Crippen LogP contribution in [0.15, 0.2) is 23.9 Å². The van der Waals surface area contributed by atoms with Gasteiger partial charge in [-0.15, -0.1) is 25.2 Å². The van der Waals surface area contributed by atoms with E-state index >= 15 is 0 Å². The molecule has 2 radical (unpaired) electrons. The van der Waals surface area contributed by atoms with Gasteiger partial charge >= 0.3 is 31.0 Å². The molecule has 1 fully saturated rings. The Bertz CT molecular complexity index is 353. The second kappa shape index (κ2) is 19.6. The molecule has 0 spiro atoms. The first-order valence-corrected chi connectivity index (χ1v) is 13.1. The number of piperidine rings is 1. The summed E-state index contributed by atoms with van der Waals surface area (Å²) >= 11 is 7.63. The van der Waals surface area contributed by atoms with Crippen molar-refractivity contribution in [2.24, 2.45) is 0 Å². The smallest absolute Gasteiger partial charge is 0.0548 e. The molecular formula is C14H20N4S2Sn-4. The Labute approximate surface area is 149 Å². The maximum atomic E-state index is 7.13. The molecule has 2 heterocycles. The van der Waals surface area contributed by atoms with E-state index in [0.717, 1.165) is 13.1 Å². The van der Waals surface area contributed by atoms with Gasteiger partial charge in [0.05, 0.1) is 0 Å². The third-order valence-corrected chi connectivity index (χ3v) is 2.36. The Kier molecular flexibility index (Phi) is 21.4. The number of hydrogen-bond acceptors (Lipinski definition) is 2. The van der Waals surface area contributed by atoms with Gasteiger partial charge in [0.2, 0.25) is 0 Å². The van der Waals surface area contributed by atoms with E-state index in [0.29, 0.717) is 6.04 Å². The number of rotatable bonds is 1. The van der Waals surface area contributed by atoms with Crippen molar-refractivity contribution in [1.29, 1.82) is 0 Å². The Morgan fingerprint density at radius 1 is 1.24 bits per heavy atom. The van der Waals surface area contributed by atoms with Crippen molar-refractivity contribution >= 4 is 55.9 Å². The van der Waals surface area contributed by atoms with Crippen LogP contribution in [-0.4, -0.2) is 50.6 Å². The molecular weight excluding hydrogens is 407 g/mol. The minimum Gasteiger partial charge on any atom is -0.753 e. The van der Waals surface area contributed by atoms with Crippen LogP contribution in [0.4, 0.5) is 0 Å². The van der Waals surface area contributed by atoms with Gasteiger partial charge in [-0.05, 0) is 0 Å². The van der Waals surface area contributed by atoms with Crippen LogP contribution in [0.3, 0.4) is 0 Å². The number of thiocarbonyl (C=S) groups is 2. The molecule has 0 bridgehead atoms. The van der Waals surface area contributed by atoms with Gasteiger partial charge in [0, 0.05) is 0 Å². The van der Waals surface area contributed by atoms with E-state index in [1.54, 1.807) is 0 Å². The molecule has 1 atom stereocenters. The molecule has 0 aromatic rings. The average molecular weight is 427 g/mol. The first-order chi connectivity index (χ1) is 10.2. The summed E-state index contributed by atoms with van der Waals surface area (Å²) in [6.45, 7) is 1.87. The van der Waals surface area contributed by atoms with Crippen molar-refractivity contribution in [1.82, 2.24) is 0 Å². The van der Waals surface area contributed by atoms with Crippen LogP contribution in [0.2, 0.25) is 9.88 Å². The summed E-state index contributed by atoms with van der Waals surface area (Å²) in [6.07, 6.45) is 10.0. The monoisotopic (exact) mass is 428 g/mol. The summed E-state index contributed by atoms with van der Waals surface area (Å²) in [5, 5.41) is 25.9. The van der Waals surface area contributed by atoms with Crippen molar-refractivity contribution < 1.29 is 0 Å². The van der Waals surface area contributed by atoms with E-state index in [-0.39, 0.29) is 21.1 Å². The first kappa shape index (κ1) is 22.9. The van der Waals surface area contributed by atoms with E-state index in [2.05, 4.69) is 63.2 Å². The van der Waals surface area contributed by atoms with Gasteiger partial charge in [0.1, 0.15) is 0 Å². The van der Waals surface area contributed by atoms with Crippen molar-refractivity contribution in [2.75, 3.05) is 13.1 Å². The normalized spacial score (nSPS) is 18.4. The van der Waals surface area contributed by atoms with Crippen LogP contribution in [0.5, 0.6) is 0 Å². The largest absolute Gasteiger partial charge is 0.753 e. The van der Waals surface area contributed by atoms with Crippen LogP contribution in [0, 0.1) is 0 Å². The van der Waals surface area contributed by atoms with E-state index in [1.165, 1.54) is 35.3 Å². The van der Waals surface area contributed by atoms with E-state index < -0.39 is 0 Å². The van der Waals surface area contributed by atoms with Crippen LogP contribution >= 0.6 is 24.4 Å². The molecule has 0 aliphatic carbocycles. The zero-order valence-corrected chi connectivity index (χ0v) is 16.9. The molecule has 1 unspecified atom stereocenters. The molecule has 4 nitrogen and oxygen atoms in total. The summed E-state index contributed by atoms with van der Waals surface area (Å²) in [5.74, 6) is 0. The minimum absolute atomic E-state index is 0.230. The fourth-order valence-corrected chi connectivity index (χ4v) is 1.68. The van der Waals surface area contributed by atoms with E-state index in [4.69, 9.17) is 10.8 Å². The minimum atomic E-state index is 0.230. The molecule has 2 aliphatic rings. The van der Waals surface area contributed by atoms with Gasteiger partial charge in [0.25, 0.3) is 0 Å². The number of isothiocyanates is 2. The van der Waals surface area contributed by atoms with Gasteiger partial charge in [-0.2, -0.15) is 16.0 Å². The van der Waals surface area contributed by atoms with Gasteiger partial charge in [0.15, 0.2) is 0 Å². The molecule has 0 aromatic carbocycles. The number of allylic oxidation sites excluding steroid dienone is 2. The summed E-state index contributed by atoms with van der Waals surface area (Å²) in [7, 11) is 0. The Morgan fingerprint density at radius 2 is 1.81 bits per heavy atom. The van der Waals surface area contributed by atoms with Crippen molar-refractivity contribution in [3.05, 3.63) is 45.4 Å². The van der Waals surface area contributed by atoms with Crippen molar-refractivity contribution in [3.63, 3.8) is 0 Å². The fraction of sp³-hybridized carbons (Fsp3) is 0.571. The van der Waals surface area contributed by atoms with Gasteiger partial charge in [-0.3, -0.25) is 0 Å². The molecule has 21 heavy (non-hydrogen) atoms. The Morgan fingerprint density at radius 3 is 2.19 bits per heavy atom. The van der Waals surface area contributed by atoms with Crippen LogP contribution in [-0.2, 0) is 0 Å². The van der Waals surface area contributed by atoms with E-state index in [1.807, 2.05) is 0 Å². The average Bonchev–Trinajstić information content (AvgIpc) is 2.51. The first-order valence-electron chi connectivity index (χ1n) is 6.53. The van der Waals surface area contributed by atoms with Gasteiger partial charge in [-0.1, -0.05) is 55.9 Å². The maximum Gasteiger partial charge on any atom is -0.0548 e. The molecule has 2 aliphatic heterocycles. The summed E-state index contributed by atoms with van der Waals surface area (Å²) in [4.78, 5) is 4.59. The Balaban J connectivity index is 0. The standard InChI is InChI=1S/C10H14N2.2CNS.2CH3.Sn/c1-3-7-11-9(5-1)10-6-2-4-8-12-10;2*2-1-3;;;/h1,3,5,10H,2,4,6-8H2;;;2*1H3;/q-2;2*-1;;;.